The zero-order chi connectivity index (χ0) is 22.3. The third-order valence-electron chi connectivity index (χ3n) is 7.00. The van der Waals surface area contributed by atoms with Crippen LogP contribution in [0.1, 0.15) is 38.2 Å². The first-order chi connectivity index (χ1) is 15.5. The fraction of sp³-hybridized carbons (Fsp3) is 0.321. The molecule has 0 bridgehead atoms. The van der Waals surface area contributed by atoms with Gasteiger partial charge in [0.1, 0.15) is 11.4 Å². The number of piperazine rings is 1. The molecule has 5 rings (SSSR count). The number of halogens is 1. The van der Waals surface area contributed by atoms with Crippen molar-refractivity contribution >= 4 is 5.78 Å². The highest BCUT2D eigenvalue weighted by atomic mass is 19.1. The van der Waals surface area contributed by atoms with Gasteiger partial charge in [-0.3, -0.25) is 14.6 Å². The van der Waals surface area contributed by atoms with Gasteiger partial charge in [-0.2, -0.15) is 0 Å². The number of hydrogen-bond donors (Lipinski definition) is 0. The molecule has 1 aliphatic carbocycles. The van der Waals surface area contributed by atoms with Crippen LogP contribution in [-0.4, -0.2) is 41.8 Å². The molecule has 3 nitrogen and oxygen atoms in total. The van der Waals surface area contributed by atoms with Crippen LogP contribution in [0.15, 0.2) is 66.7 Å². The van der Waals surface area contributed by atoms with Crippen LogP contribution in [0.5, 0.6) is 0 Å². The highest BCUT2D eigenvalue weighted by Crippen LogP contribution is 2.43. The Bertz CT molecular complexity index is 1150. The Morgan fingerprint density at radius 3 is 2.38 bits per heavy atom. The molecule has 0 aromatic heterocycles. The molecule has 4 heteroatoms. The average molecular weight is 429 g/mol. The van der Waals surface area contributed by atoms with Gasteiger partial charge in [-0.15, -0.1) is 0 Å². The van der Waals surface area contributed by atoms with Gasteiger partial charge in [0.15, 0.2) is 5.78 Å². The standard InChI is InChI=1S/C28H29FN2O/c1-20-6-5-7-22(14-20)19-30-10-12-31(13-11-30)28(24-15-21(2)16-25(29)17-24)18-23-8-3-4-9-26(23)27(28)32/h3-9,14-17H,10-13,18-19H2,1-2H3. The van der Waals surface area contributed by atoms with Gasteiger partial charge in [-0.25, -0.2) is 4.39 Å². The fourth-order valence-electron chi connectivity index (χ4n) is 5.48. The predicted molar refractivity (Wildman–Crippen MR) is 125 cm³/mol. The molecule has 1 fully saturated rings. The molecule has 164 valence electrons. The molecule has 32 heavy (non-hydrogen) atoms. The Kier molecular flexibility index (Phi) is 5.44. The molecular weight excluding hydrogens is 399 g/mol. The highest BCUT2D eigenvalue weighted by molar-refractivity contribution is 6.08. The number of rotatable bonds is 4. The number of Topliss-reactive ketones (excluding diaryl/α,β-unsaturated/α-hetero) is 1. The monoisotopic (exact) mass is 428 g/mol. The number of hydrogen-bond acceptors (Lipinski definition) is 3. The van der Waals surface area contributed by atoms with Crippen LogP contribution in [0.4, 0.5) is 4.39 Å². The topological polar surface area (TPSA) is 23.6 Å². The van der Waals surface area contributed by atoms with E-state index in [2.05, 4.69) is 41.0 Å². The highest BCUT2D eigenvalue weighted by Gasteiger charge is 2.51. The van der Waals surface area contributed by atoms with Crippen LogP contribution in [0.25, 0.3) is 0 Å². The number of ketones is 1. The number of nitrogens with zero attached hydrogens (tertiary/aromatic N) is 2. The number of fused-ring (bicyclic) bond motifs is 1. The summed E-state index contributed by atoms with van der Waals surface area (Å²) in [6, 6.07) is 21.6. The summed E-state index contributed by atoms with van der Waals surface area (Å²) in [6.07, 6.45) is 0.600. The minimum Gasteiger partial charge on any atom is -0.297 e. The normalized spacial score (nSPS) is 21.7. The van der Waals surface area contributed by atoms with Crippen molar-refractivity contribution in [1.82, 2.24) is 9.80 Å². The van der Waals surface area contributed by atoms with Crippen LogP contribution in [0.2, 0.25) is 0 Å². The molecule has 1 unspecified atom stereocenters. The SMILES string of the molecule is Cc1cccc(CN2CCN(C3(c4cc(C)cc(F)c4)Cc4ccccc4C3=O)CC2)c1. The first kappa shape index (κ1) is 21.0. The maximum Gasteiger partial charge on any atom is 0.188 e. The number of aryl methyl sites for hydroxylation is 2. The summed E-state index contributed by atoms with van der Waals surface area (Å²) in [5.41, 5.74) is 5.23. The van der Waals surface area contributed by atoms with E-state index in [0.29, 0.717) is 6.42 Å². The van der Waals surface area contributed by atoms with E-state index in [1.807, 2.05) is 37.3 Å². The molecule has 3 aromatic carbocycles. The second-order valence-corrected chi connectivity index (χ2v) is 9.29. The van der Waals surface area contributed by atoms with E-state index >= 15 is 0 Å². The Hall–Kier alpha value is -2.82. The zero-order valence-electron chi connectivity index (χ0n) is 18.8. The molecule has 2 aliphatic rings. The molecule has 0 radical (unpaired) electrons. The van der Waals surface area contributed by atoms with Gasteiger partial charge >= 0.3 is 0 Å². The average Bonchev–Trinajstić information content (AvgIpc) is 3.07. The fourth-order valence-corrected chi connectivity index (χ4v) is 5.48. The van der Waals surface area contributed by atoms with Crippen molar-refractivity contribution < 1.29 is 9.18 Å². The second-order valence-electron chi connectivity index (χ2n) is 9.29. The number of carbonyl (C=O) groups excluding carboxylic acids is 1. The lowest BCUT2D eigenvalue weighted by atomic mass is 9.82. The van der Waals surface area contributed by atoms with Gasteiger partial charge in [0, 0.05) is 44.7 Å². The van der Waals surface area contributed by atoms with E-state index in [1.165, 1.54) is 17.2 Å². The molecular formula is C28H29FN2O. The van der Waals surface area contributed by atoms with Crippen LogP contribution in [-0.2, 0) is 18.5 Å². The summed E-state index contributed by atoms with van der Waals surface area (Å²) in [5.74, 6) is -0.175. The van der Waals surface area contributed by atoms with Crippen LogP contribution >= 0.6 is 0 Å². The Labute approximate surface area is 189 Å². The Balaban J connectivity index is 1.45. The van der Waals surface area contributed by atoms with Crippen LogP contribution in [0, 0.1) is 19.7 Å². The van der Waals surface area contributed by atoms with Gasteiger partial charge < -0.3 is 0 Å². The Morgan fingerprint density at radius 1 is 0.875 bits per heavy atom. The van der Waals surface area contributed by atoms with Crippen LogP contribution in [0.3, 0.4) is 0 Å². The smallest absolute Gasteiger partial charge is 0.188 e. The van der Waals surface area contributed by atoms with Gasteiger partial charge in [-0.05, 0) is 48.2 Å². The zero-order valence-corrected chi connectivity index (χ0v) is 18.8. The van der Waals surface area contributed by atoms with E-state index in [0.717, 1.165) is 55.0 Å². The molecule has 0 spiro atoms. The molecule has 1 heterocycles. The maximum absolute atomic E-state index is 14.5. The summed E-state index contributed by atoms with van der Waals surface area (Å²) in [6.45, 7) is 8.25. The summed E-state index contributed by atoms with van der Waals surface area (Å²) >= 11 is 0. The first-order valence-corrected chi connectivity index (χ1v) is 11.4. The van der Waals surface area contributed by atoms with Gasteiger partial charge in [-0.1, -0.05) is 60.2 Å². The minimum atomic E-state index is -0.827. The van der Waals surface area contributed by atoms with Crippen molar-refractivity contribution in [3.63, 3.8) is 0 Å². The first-order valence-electron chi connectivity index (χ1n) is 11.4. The molecule has 0 N–H and O–H groups in total. The molecule has 0 amide bonds. The summed E-state index contributed by atoms with van der Waals surface area (Å²) in [7, 11) is 0. The van der Waals surface area contributed by atoms with Crippen molar-refractivity contribution in [1.29, 1.82) is 0 Å². The molecule has 1 aliphatic heterocycles. The van der Waals surface area contributed by atoms with Crippen molar-refractivity contribution in [2.75, 3.05) is 26.2 Å². The second kappa shape index (κ2) is 8.27. The number of benzene rings is 3. The van der Waals surface area contributed by atoms with Gasteiger partial charge in [0.05, 0.1) is 0 Å². The molecule has 1 atom stereocenters. The number of carbonyl (C=O) groups is 1. The largest absolute Gasteiger partial charge is 0.297 e. The lowest BCUT2D eigenvalue weighted by Crippen LogP contribution is -2.58. The van der Waals surface area contributed by atoms with E-state index in [1.54, 1.807) is 6.07 Å². The lowest BCUT2D eigenvalue weighted by Gasteiger charge is -2.45. The maximum atomic E-state index is 14.5. The van der Waals surface area contributed by atoms with E-state index in [9.17, 15) is 9.18 Å². The summed E-state index contributed by atoms with van der Waals surface area (Å²) < 4.78 is 14.5. The van der Waals surface area contributed by atoms with E-state index < -0.39 is 5.54 Å². The summed E-state index contributed by atoms with van der Waals surface area (Å²) in [4.78, 5) is 18.6. The van der Waals surface area contributed by atoms with Gasteiger partial charge in [0.2, 0.25) is 0 Å². The van der Waals surface area contributed by atoms with E-state index in [-0.39, 0.29) is 11.6 Å². The molecule has 0 saturated carbocycles. The third-order valence-corrected chi connectivity index (χ3v) is 7.00. The van der Waals surface area contributed by atoms with Crippen molar-refractivity contribution in [2.24, 2.45) is 0 Å². The minimum absolute atomic E-state index is 0.102. The Morgan fingerprint density at radius 2 is 1.66 bits per heavy atom. The van der Waals surface area contributed by atoms with Crippen molar-refractivity contribution in [3.8, 4) is 0 Å². The van der Waals surface area contributed by atoms with Crippen LogP contribution < -0.4 is 0 Å². The van der Waals surface area contributed by atoms with Gasteiger partial charge in [0.25, 0.3) is 0 Å². The van der Waals surface area contributed by atoms with Crippen molar-refractivity contribution in [3.05, 3.63) is 106 Å². The molecule has 3 aromatic rings. The predicted octanol–water partition coefficient (Wildman–Crippen LogP) is 4.89. The van der Waals surface area contributed by atoms with E-state index in [4.69, 9.17) is 0 Å². The third kappa shape index (κ3) is 3.68. The lowest BCUT2D eigenvalue weighted by molar-refractivity contribution is 0.0287. The quantitative estimate of drug-likeness (QED) is 0.591. The van der Waals surface area contributed by atoms with Crippen molar-refractivity contribution in [2.45, 2.75) is 32.4 Å². The molecule has 1 saturated heterocycles. The summed E-state index contributed by atoms with van der Waals surface area (Å²) in [5, 5.41) is 0.